The Labute approximate surface area is 98.5 Å². The van der Waals surface area contributed by atoms with Crippen molar-refractivity contribution in [1.29, 1.82) is 0 Å². The summed E-state index contributed by atoms with van der Waals surface area (Å²) in [5.41, 5.74) is -0.399. The van der Waals surface area contributed by atoms with Crippen LogP contribution in [0.25, 0.3) is 0 Å². The SMILES string of the molecule is COC(=O)c1ccc(C(F)(F)F)cc1CBr. The van der Waals surface area contributed by atoms with Crippen LogP contribution >= 0.6 is 15.9 Å². The van der Waals surface area contributed by atoms with E-state index in [4.69, 9.17) is 0 Å². The standard InChI is InChI=1S/C10H8BrF3O2/c1-16-9(15)8-3-2-7(10(12,13)14)4-6(8)5-11/h2-4H,5H2,1H3. The van der Waals surface area contributed by atoms with Crippen molar-refractivity contribution in [2.45, 2.75) is 11.5 Å². The second-order valence-corrected chi connectivity index (χ2v) is 3.56. The summed E-state index contributed by atoms with van der Waals surface area (Å²) in [6.45, 7) is 0. The Bertz CT molecular complexity index is 402. The predicted octanol–water partition coefficient (Wildman–Crippen LogP) is 3.39. The maximum Gasteiger partial charge on any atom is 0.416 e. The van der Waals surface area contributed by atoms with Crippen LogP contribution in [0.15, 0.2) is 18.2 Å². The first-order chi connectivity index (χ1) is 7.40. The van der Waals surface area contributed by atoms with Crippen LogP contribution in [0.4, 0.5) is 13.2 Å². The van der Waals surface area contributed by atoms with Crippen molar-refractivity contribution in [1.82, 2.24) is 0 Å². The van der Waals surface area contributed by atoms with E-state index in [0.29, 0.717) is 0 Å². The average molecular weight is 297 g/mol. The van der Waals surface area contributed by atoms with Crippen molar-refractivity contribution in [3.8, 4) is 0 Å². The molecule has 0 unspecified atom stereocenters. The van der Waals surface area contributed by atoms with Gasteiger partial charge in [0.25, 0.3) is 0 Å². The van der Waals surface area contributed by atoms with Gasteiger partial charge in [-0.05, 0) is 23.8 Å². The lowest BCUT2D eigenvalue weighted by molar-refractivity contribution is -0.137. The Morgan fingerprint density at radius 2 is 2.06 bits per heavy atom. The molecular weight excluding hydrogens is 289 g/mol. The fraction of sp³-hybridized carbons (Fsp3) is 0.300. The number of carbonyl (C=O) groups is 1. The van der Waals surface area contributed by atoms with Gasteiger partial charge in [0, 0.05) is 5.33 Å². The minimum absolute atomic E-state index is 0.132. The number of methoxy groups -OCH3 is 1. The quantitative estimate of drug-likeness (QED) is 0.618. The highest BCUT2D eigenvalue weighted by atomic mass is 79.9. The summed E-state index contributed by atoms with van der Waals surface area (Å²) in [5.74, 6) is -0.650. The zero-order chi connectivity index (χ0) is 12.3. The van der Waals surface area contributed by atoms with Gasteiger partial charge in [0.05, 0.1) is 18.2 Å². The summed E-state index contributed by atoms with van der Waals surface area (Å²) < 4.78 is 41.6. The fourth-order valence-corrected chi connectivity index (χ4v) is 1.65. The van der Waals surface area contributed by atoms with Crippen LogP contribution in [0.1, 0.15) is 21.5 Å². The van der Waals surface area contributed by atoms with Crippen LogP contribution in [0, 0.1) is 0 Å². The molecule has 1 rings (SSSR count). The molecule has 0 heterocycles. The molecule has 88 valence electrons. The lowest BCUT2D eigenvalue weighted by atomic mass is 10.1. The maximum absolute atomic E-state index is 12.4. The molecule has 0 radical (unpaired) electrons. The van der Waals surface area contributed by atoms with Crippen LogP contribution in [-0.4, -0.2) is 13.1 Å². The van der Waals surface area contributed by atoms with Crippen molar-refractivity contribution in [3.05, 3.63) is 34.9 Å². The molecule has 0 saturated carbocycles. The molecule has 0 bridgehead atoms. The van der Waals surface area contributed by atoms with Crippen molar-refractivity contribution in [3.63, 3.8) is 0 Å². The number of benzene rings is 1. The molecule has 2 nitrogen and oxygen atoms in total. The highest BCUT2D eigenvalue weighted by molar-refractivity contribution is 9.08. The van der Waals surface area contributed by atoms with Gasteiger partial charge in [-0.1, -0.05) is 15.9 Å². The molecule has 0 spiro atoms. The zero-order valence-electron chi connectivity index (χ0n) is 8.27. The Morgan fingerprint density at radius 3 is 2.50 bits per heavy atom. The molecule has 0 N–H and O–H groups in total. The van der Waals surface area contributed by atoms with Gasteiger partial charge in [0.1, 0.15) is 0 Å². The molecule has 0 aliphatic rings. The smallest absolute Gasteiger partial charge is 0.416 e. The van der Waals surface area contributed by atoms with Gasteiger partial charge in [-0.2, -0.15) is 13.2 Å². The summed E-state index contributed by atoms with van der Waals surface area (Å²) in [5, 5.41) is 0.154. The van der Waals surface area contributed by atoms with E-state index in [9.17, 15) is 18.0 Å². The number of halogens is 4. The van der Waals surface area contributed by atoms with Crippen LogP contribution in [0.2, 0.25) is 0 Å². The normalized spacial score (nSPS) is 11.3. The van der Waals surface area contributed by atoms with E-state index < -0.39 is 17.7 Å². The predicted molar refractivity (Wildman–Crippen MR) is 55.4 cm³/mol. The van der Waals surface area contributed by atoms with Crippen molar-refractivity contribution < 1.29 is 22.7 Å². The third kappa shape index (κ3) is 2.75. The van der Waals surface area contributed by atoms with E-state index in [1.807, 2.05) is 0 Å². The Hall–Kier alpha value is -1.04. The summed E-state index contributed by atoms with van der Waals surface area (Å²) >= 11 is 3.03. The van der Waals surface area contributed by atoms with Gasteiger partial charge in [-0.15, -0.1) is 0 Å². The van der Waals surface area contributed by atoms with Gasteiger partial charge >= 0.3 is 12.1 Å². The summed E-state index contributed by atoms with van der Waals surface area (Å²) in [6, 6.07) is 2.91. The molecule has 6 heteroatoms. The first kappa shape index (κ1) is 13.0. The van der Waals surface area contributed by atoms with Crippen LogP contribution in [-0.2, 0) is 16.2 Å². The molecule has 0 fully saturated rings. The number of ether oxygens (including phenoxy) is 1. The maximum atomic E-state index is 12.4. The summed E-state index contributed by atoms with van der Waals surface area (Å²) in [7, 11) is 1.18. The lowest BCUT2D eigenvalue weighted by Gasteiger charge is -2.10. The number of esters is 1. The molecule has 1 aromatic carbocycles. The van der Waals surface area contributed by atoms with Gasteiger partial charge in [-0.25, -0.2) is 4.79 Å². The third-order valence-corrected chi connectivity index (χ3v) is 2.59. The van der Waals surface area contributed by atoms with E-state index in [1.54, 1.807) is 0 Å². The van der Waals surface area contributed by atoms with Crippen molar-refractivity contribution >= 4 is 21.9 Å². The van der Waals surface area contributed by atoms with Gasteiger partial charge in [-0.3, -0.25) is 0 Å². The fourth-order valence-electron chi connectivity index (χ4n) is 1.19. The molecule has 0 aromatic heterocycles. The van der Waals surface area contributed by atoms with Gasteiger partial charge in [0.15, 0.2) is 0 Å². The topological polar surface area (TPSA) is 26.3 Å². The molecule has 1 aromatic rings. The monoisotopic (exact) mass is 296 g/mol. The van der Waals surface area contributed by atoms with E-state index in [-0.39, 0.29) is 16.5 Å². The number of rotatable bonds is 2. The largest absolute Gasteiger partial charge is 0.465 e. The lowest BCUT2D eigenvalue weighted by Crippen LogP contribution is -2.09. The minimum atomic E-state index is -4.41. The van der Waals surface area contributed by atoms with Gasteiger partial charge in [0.2, 0.25) is 0 Å². The Kier molecular flexibility index (Phi) is 3.96. The van der Waals surface area contributed by atoms with Crippen LogP contribution in [0.3, 0.4) is 0 Å². The molecule has 0 saturated heterocycles. The van der Waals surface area contributed by atoms with Crippen molar-refractivity contribution in [2.75, 3.05) is 7.11 Å². The first-order valence-electron chi connectivity index (χ1n) is 4.24. The molecule has 0 aliphatic heterocycles. The second kappa shape index (κ2) is 4.86. The molecule has 0 amide bonds. The van der Waals surface area contributed by atoms with Crippen LogP contribution in [0.5, 0.6) is 0 Å². The number of carbonyl (C=O) groups excluding carboxylic acids is 1. The minimum Gasteiger partial charge on any atom is -0.465 e. The molecular formula is C10H8BrF3O2. The van der Waals surface area contributed by atoms with Crippen molar-refractivity contribution in [2.24, 2.45) is 0 Å². The summed E-state index contributed by atoms with van der Waals surface area (Å²) in [6.07, 6.45) is -4.41. The highest BCUT2D eigenvalue weighted by Crippen LogP contribution is 2.31. The van der Waals surface area contributed by atoms with E-state index in [1.165, 1.54) is 7.11 Å². The molecule has 16 heavy (non-hydrogen) atoms. The van der Waals surface area contributed by atoms with E-state index in [2.05, 4.69) is 20.7 Å². The Balaban J connectivity index is 3.22. The van der Waals surface area contributed by atoms with Gasteiger partial charge < -0.3 is 4.74 Å². The number of hydrogen-bond acceptors (Lipinski definition) is 2. The highest BCUT2D eigenvalue weighted by Gasteiger charge is 2.31. The second-order valence-electron chi connectivity index (χ2n) is 2.99. The zero-order valence-corrected chi connectivity index (χ0v) is 9.85. The molecule has 0 aliphatic carbocycles. The van der Waals surface area contributed by atoms with E-state index >= 15 is 0 Å². The van der Waals surface area contributed by atoms with Crippen LogP contribution < -0.4 is 0 Å². The Morgan fingerprint density at radius 1 is 1.44 bits per heavy atom. The summed E-state index contributed by atoms with van der Waals surface area (Å²) in [4.78, 5) is 11.2. The average Bonchev–Trinajstić information content (AvgIpc) is 2.26. The number of alkyl halides is 4. The number of hydrogen-bond donors (Lipinski definition) is 0. The van der Waals surface area contributed by atoms with E-state index in [0.717, 1.165) is 18.2 Å². The first-order valence-corrected chi connectivity index (χ1v) is 5.36. The molecule has 0 atom stereocenters. The third-order valence-electron chi connectivity index (χ3n) is 1.98.